The standard InChI is InChI=1S/C23H26Cl3N3O/c24-19-4-1-5-21(13-19)28-9-11-29(12-10-28)23(30)18-3-2-8-27(16-18)15-17-6-7-20(25)14-22(17)26/h1,4-7,13-14,18H,2-3,8-12,15-16H2. The van der Waals surface area contributed by atoms with Crippen molar-refractivity contribution in [3.63, 3.8) is 0 Å². The minimum absolute atomic E-state index is 0.0579. The first kappa shape index (κ1) is 21.8. The molecule has 1 atom stereocenters. The number of hydrogen-bond acceptors (Lipinski definition) is 3. The van der Waals surface area contributed by atoms with Gasteiger partial charge in [-0.3, -0.25) is 9.69 Å². The minimum Gasteiger partial charge on any atom is -0.368 e. The van der Waals surface area contributed by atoms with Gasteiger partial charge in [0, 0.05) is 60.0 Å². The number of nitrogens with zero attached hydrogens (tertiary/aromatic N) is 3. The number of rotatable bonds is 4. The van der Waals surface area contributed by atoms with Gasteiger partial charge in [-0.05, 0) is 55.3 Å². The van der Waals surface area contributed by atoms with Crippen molar-refractivity contribution in [2.24, 2.45) is 5.92 Å². The van der Waals surface area contributed by atoms with Crippen molar-refractivity contribution in [3.8, 4) is 0 Å². The maximum atomic E-state index is 13.2. The summed E-state index contributed by atoms with van der Waals surface area (Å²) in [4.78, 5) is 19.8. The predicted octanol–water partition coefficient (Wildman–Crippen LogP) is 5.21. The van der Waals surface area contributed by atoms with E-state index in [1.54, 1.807) is 6.07 Å². The third-order valence-corrected chi connectivity index (χ3v) is 6.85. The van der Waals surface area contributed by atoms with Crippen LogP contribution in [0.15, 0.2) is 42.5 Å². The van der Waals surface area contributed by atoms with Gasteiger partial charge in [-0.2, -0.15) is 0 Å². The van der Waals surface area contributed by atoms with E-state index in [-0.39, 0.29) is 11.8 Å². The molecule has 0 spiro atoms. The number of carbonyl (C=O) groups excluding carboxylic acids is 1. The fourth-order valence-electron chi connectivity index (χ4n) is 4.41. The molecule has 160 valence electrons. The van der Waals surface area contributed by atoms with E-state index >= 15 is 0 Å². The van der Waals surface area contributed by atoms with E-state index in [4.69, 9.17) is 34.8 Å². The second-order valence-corrected chi connectivity index (χ2v) is 9.38. The van der Waals surface area contributed by atoms with Crippen LogP contribution in [0.5, 0.6) is 0 Å². The molecule has 2 aromatic carbocycles. The van der Waals surface area contributed by atoms with Crippen molar-refractivity contribution in [1.29, 1.82) is 0 Å². The number of piperidine rings is 1. The summed E-state index contributed by atoms with van der Waals surface area (Å²) in [7, 11) is 0. The molecule has 4 rings (SSSR count). The Morgan fingerprint density at radius 3 is 2.43 bits per heavy atom. The van der Waals surface area contributed by atoms with Gasteiger partial charge < -0.3 is 9.80 Å². The Hall–Kier alpha value is -1.46. The third-order valence-electron chi connectivity index (χ3n) is 6.03. The average molecular weight is 467 g/mol. The lowest BCUT2D eigenvalue weighted by molar-refractivity contribution is -0.137. The second kappa shape index (κ2) is 9.78. The molecule has 0 N–H and O–H groups in total. The van der Waals surface area contributed by atoms with Crippen LogP contribution in [0.25, 0.3) is 0 Å². The van der Waals surface area contributed by atoms with Gasteiger partial charge in [0.25, 0.3) is 0 Å². The third kappa shape index (κ3) is 5.23. The first-order valence-corrected chi connectivity index (χ1v) is 11.6. The monoisotopic (exact) mass is 465 g/mol. The molecule has 2 aliphatic rings. The molecule has 4 nitrogen and oxygen atoms in total. The fraction of sp³-hybridized carbons (Fsp3) is 0.435. The molecule has 0 bridgehead atoms. The fourth-order valence-corrected chi connectivity index (χ4v) is 5.06. The van der Waals surface area contributed by atoms with Crippen LogP contribution in [0.4, 0.5) is 5.69 Å². The largest absolute Gasteiger partial charge is 0.368 e. The lowest BCUT2D eigenvalue weighted by Gasteiger charge is -2.39. The number of anilines is 1. The van der Waals surface area contributed by atoms with Crippen molar-refractivity contribution < 1.29 is 4.79 Å². The SMILES string of the molecule is O=C(C1CCCN(Cc2ccc(Cl)cc2Cl)C1)N1CCN(c2cccc(Cl)c2)CC1. The summed E-state index contributed by atoms with van der Waals surface area (Å²) < 4.78 is 0. The smallest absolute Gasteiger partial charge is 0.227 e. The van der Waals surface area contributed by atoms with Gasteiger partial charge in [0.05, 0.1) is 5.92 Å². The zero-order valence-corrected chi connectivity index (χ0v) is 19.1. The predicted molar refractivity (Wildman–Crippen MR) is 125 cm³/mol. The Labute approximate surface area is 193 Å². The summed E-state index contributed by atoms with van der Waals surface area (Å²) in [5.74, 6) is 0.343. The van der Waals surface area contributed by atoms with Crippen LogP contribution in [0, 0.1) is 5.92 Å². The Bertz CT molecular complexity index is 899. The van der Waals surface area contributed by atoms with E-state index in [2.05, 4.69) is 15.9 Å². The van der Waals surface area contributed by atoms with Crippen LogP contribution in [-0.2, 0) is 11.3 Å². The van der Waals surface area contributed by atoms with E-state index in [1.807, 2.05) is 35.2 Å². The van der Waals surface area contributed by atoms with Crippen LogP contribution in [-0.4, -0.2) is 55.0 Å². The van der Waals surface area contributed by atoms with Gasteiger partial charge in [0.2, 0.25) is 5.91 Å². The first-order valence-electron chi connectivity index (χ1n) is 10.5. The van der Waals surface area contributed by atoms with Gasteiger partial charge in [-0.25, -0.2) is 0 Å². The lowest BCUT2D eigenvalue weighted by atomic mass is 9.95. The molecule has 0 saturated carbocycles. The molecule has 0 aromatic heterocycles. The average Bonchev–Trinajstić information content (AvgIpc) is 2.75. The Morgan fingerprint density at radius 1 is 0.933 bits per heavy atom. The highest BCUT2D eigenvalue weighted by molar-refractivity contribution is 6.35. The topological polar surface area (TPSA) is 26.8 Å². The van der Waals surface area contributed by atoms with Crippen LogP contribution in [0.2, 0.25) is 15.1 Å². The molecular formula is C23H26Cl3N3O. The number of likely N-dealkylation sites (tertiary alicyclic amines) is 1. The van der Waals surface area contributed by atoms with E-state index in [0.717, 1.165) is 74.9 Å². The molecule has 2 aliphatic heterocycles. The maximum Gasteiger partial charge on any atom is 0.227 e. The molecule has 1 amide bonds. The van der Waals surface area contributed by atoms with Crippen molar-refractivity contribution >= 4 is 46.4 Å². The molecule has 0 radical (unpaired) electrons. The number of halogens is 3. The van der Waals surface area contributed by atoms with Gasteiger partial charge in [-0.1, -0.05) is 46.9 Å². The number of benzene rings is 2. The molecule has 2 heterocycles. The van der Waals surface area contributed by atoms with Crippen molar-refractivity contribution in [2.75, 3.05) is 44.2 Å². The molecule has 0 aliphatic carbocycles. The summed E-state index contributed by atoms with van der Waals surface area (Å²) in [5, 5.41) is 2.08. The lowest BCUT2D eigenvalue weighted by Crippen LogP contribution is -2.52. The Balaban J connectivity index is 1.32. The number of piperazine rings is 1. The highest BCUT2D eigenvalue weighted by Crippen LogP contribution is 2.26. The summed E-state index contributed by atoms with van der Waals surface area (Å²) in [5.41, 5.74) is 2.18. The van der Waals surface area contributed by atoms with Gasteiger partial charge in [0.1, 0.15) is 0 Å². The molecule has 30 heavy (non-hydrogen) atoms. The quantitative estimate of drug-likeness (QED) is 0.619. The van der Waals surface area contributed by atoms with Crippen LogP contribution in [0.1, 0.15) is 18.4 Å². The summed E-state index contributed by atoms with van der Waals surface area (Å²) in [6.07, 6.45) is 1.99. The highest BCUT2D eigenvalue weighted by Gasteiger charge is 2.31. The van der Waals surface area contributed by atoms with Crippen molar-refractivity contribution in [3.05, 3.63) is 63.1 Å². The number of amides is 1. The highest BCUT2D eigenvalue weighted by atomic mass is 35.5. The normalized spacial score (nSPS) is 20.4. The second-order valence-electron chi connectivity index (χ2n) is 8.10. The molecule has 7 heteroatoms. The molecule has 2 fully saturated rings. The van der Waals surface area contributed by atoms with E-state index in [9.17, 15) is 4.79 Å². The molecule has 2 aromatic rings. The van der Waals surface area contributed by atoms with Gasteiger partial charge >= 0.3 is 0 Å². The number of carbonyl (C=O) groups is 1. The van der Waals surface area contributed by atoms with E-state index in [0.29, 0.717) is 10.0 Å². The molecule has 2 saturated heterocycles. The summed E-state index contributed by atoms with van der Waals surface area (Å²) in [6.45, 7) is 5.71. The van der Waals surface area contributed by atoms with Crippen LogP contribution >= 0.6 is 34.8 Å². The van der Waals surface area contributed by atoms with E-state index < -0.39 is 0 Å². The number of hydrogen-bond donors (Lipinski definition) is 0. The minimum atomic E-state index is 0.0579. The zero-order valence-electron chi connectivity index (χ0n) is 16.9. The van der Waals surface area contributed by atoms with E-state index in [1.165, 1.54) is 0 Å². The Morgan fingerprint density at radius 2 is 1.70 bits per heavy atom. The van der Waals surface area contributed by atoms with Crippen LogP contribution in [0.3, 0.4) is 0 Å². The molecule has 1 unspecified atom stereocenters. The van der Waals surface area contributed by atoms with Crippen molar-refractivity contribution in [2.45, 2.75) is 19.4 Å². The van der Waals surface area contributed by atoms with Gasteiger partial charge in [0.15, 0.2) is 0 Å². The first-order chi connectivity index (χ1) is 14.5. The maximum absolute atomic E-state index is 13.2. The summed E-state index contributed by atoms with van der Waals surface area (Å²) >= 11 is 18.5. The summed E-state index contributed by atoms with van der Waals surface area (Å²) in [6, 6.07) is 13.5. The zero-order chi connectivity index (χ0) is 21.1. The van der Waals surface area contributed by atoms with Gasteiger partial charge in [-0.15, -0.1) is 0 Å². The van der Waals surface area contributed by atoms with Crippen LogP contribution < -0.4 is 4.90 Å². The van der Waals surface area contributed by atoms with Crippen molar-refractivity contribution in [1.82, 2.24) is 9.80 Å². The Kier molecular flexibility index (Phi) is 7.09. The molecular weight excluding hydrogens is 441 g/mol.